The van der Waals surface area contributed by atoms with Gasteiger partial charge in [0.1, 0.15) is 0 Å². The van der Waals surface area contributed by atoms with Crippen molar-refractivity contribution in [3.05, 3.63) is 22.4 Å². The Morgan fingerprint density at radius 3 is 2.70 bits per heavy atom. The van der Waals surface area contributed by atoms with Gasteiger partial charge in [-0.05, 0) is 43.3 Å². The topological polar surface area (TPSA) is 57.6 Å². The summed E-state index contributed by atoms with van der Waals surface area (Å²) >= 11 is 1.39. The van der Waals surface area contributed by atoms with Gasteiger partial charge in [-0.25, -0.2) is 0 Å². The van der Waals surface area contributed by atoms with Crippen LogP contribution in [-0.4, -0.2) is 41.4 Å². The van der Waals surface area contributed by atoms with Crippen molar-refractivity contribution in [2.75, 3.05) is 19.6 Å². The molecule has 0 radical (unpaired) electrons. The van der Waals surface area contributed by atoms with Gasteiger partial charge in [-0.3, -0.25) is 9.59 Å². The van der Waals surface area contributed by atoms with E-state index in [-0.39, 0.29) is 12.2 Å². The van der Waals surface area contributed by atoms with Crippen LogP contribution in [0.1, 0.15) is 35.9 Å². The lowest BCUT2D eigenvalue weighted by Crippen LogP contribution is -2.39. The van der Waals surface area contributed by atoms with Crippen molar-refractivity contribution in [3.8, 4) is 0 Å². The maximum absolute atomic E-state index is 12.4. The molecule has 0 amide bonds. The number of carbonyl (C=O) groups excluding carboxylic acids is 1. The van der Waals surface area contributed by atoms with E-state index in [1.807, 2.05) is 11.4 Å². The Kier molecular flexibility index (Phi) is 5.31. The predicted octanol–water partition coefficient (Wildman–Crippen LogP) is 2.75. The molecule has 0 aliphatic carbocycles. The summed E-state index contributed by atoms with van der Waals surface area (Å²) in [5.74, 6) is -0.622. The van der Waals surface area contributed by atoms with Crippen LogP contribution < -0.4 is 0 Å². The molecule has 1 saturated heterocycles. The Balaban J connectivity index is 2.00. The van der Waals surface area contributed by atoms with E-state index in [4.69, 9.17) is 5.11 Å². The van der Waals surface area contributed by atoms with Crippen LogP contribution in [0.15, 0.2) is 17.5 Å². The zero-order valence-corrected chi connectivity index (χ0v) is 12.6. The smallest absolute Gasteiger partial charge is 0.304 e. The number of hydrogen-bond acceptors (Lipinski definition) is 4. The third-order valence-corrected chi connectivity index (χ3v) is 4.80. The lowest BCUT2D eigenvalue weighted by Gasteiger charge is -2.32. The predicted molar refractivity (Wildman–Crippen MR) is 79.2 cm³/mol. The highest BCUT2D eigenvalue weighted by atomic mass is 32.1. The van der Waals surface area contributed by atoms with Crippen LogP contribution in [0.2, 0.25) is 0 Å². The van der Waals surface area contributed by atoms with Gasteiger partial charge in [0.25, 0.3) is 0 Å². The standard InChI is InChI=1S/C15H21NO3S/c1-11-4-6-16(7-5-11)10-12(9-14(17)18)15(19)13-3-2-8-20-13/h2-3,8,11-12H,4-7,9-10H2,1H3,(H,17,18). The number of carboxylic acid groups (broad SMARTS) is 1. The molecule has 2 rings (SSSR count). The second kappa shape index (κ2) is 6.99. The summed E-state index contributed by atoms with van der Waals surface area (Å²) in [6.07, 6.45) is 2.18. The van der Waals surface area contributed by atoms with E-state index in [9.17, 15) is 9.59 Å². The molecule has 2 heterocycles. The van der Waals surface area contributed by atoms with Crippen LogP contribution in [0.4, 0.5) is 0 Å². The Morgan fingerprint density at radius 1 is 1.45 bits per heavy atom. The van der Waals surface area contributed by atoms with Crippen molar-refractivity contribution in [2.45, 2.75) is 26.2 Å². The Morgan fingerprint density at radius 2 is 2.15 bits per heavy atom. The highest BCUT2D eigenvalue weighted by molar-refractivity contribution is 7.12. The molecule has 4 nitrogen and oxygen atoms in total. The van der Waals surface area contributed by atoms with Crippen LogP contribution in [0, 0.1) is 11.8 Å². The molecule has 5 heteroatoms. The van der Waals surface area contributed by atoms with Gasteiger partial charge >= 0.3 is 5.97 Å². The average Bonchev–Trinajstić information content (AvgIpc) is 2.93. The zero-order valence-electron chi connectivity index (χ0n) is 11.7. The summed E-state index contributed by atoms with van der Waals surface area (Å²) < 4.78 is 0. The highest BCUT2D eigenvalue weighted by Crippen LogP contribution is 2.22. The fourth-order valence-corrected chi connectivity index (χ4v) is 3.37. The van der Waals surface area contributed by atoms with Crippen molar-refractivity contribution >= 4 is 23.1 Å². The van der Waals surface area contributed by atoms with Crippen LogP contribution in [-0.2, 0) is 4.79 Å². The van der Waals surface area contributed by atoms with E-state index in [1.165, 1.54) is 11.3 Å². The number of likely N-dealkylation sites (tertiary alicyclic amines) is 1. The van der Waals surface area contributed by atoms with E-state index >= 15 is 0 Å². The molecule has 1 aliphatic rings. The Labute approximate surface area is 123 Å². The number of nitrogens with zero attached hydrogens (tertiary/aromatic N) is 1. The van der Waals surface area contributed by atoms with Crippen molar-refractivity contribution in [3.63, 3.8) is 0 Å². The van der Waals surface area contributed by atoms with Crippen molar-refractivity contribution in [2.24, 2.45) is 11.8 Å². The fourth-order valence-electron chi connectivity index (χ4n) is 2.63. The lowest BCUT2D eigenvalue weighted by molar-refractivity contribution is -0.137. The first-order valence-corrected chi connectivity index (χ1v) is 7.96. The number of hydrogen-bond donors (Lipinski definition) is 1. The number of aliphatic carboxylic acids is 1. The summed E-state index contributed by atoms with van der Waals surface area (Å²) in [4.78, 5) is 26.3. The van der Waals surface area contributed by atoms with Gasteiger partial charge in [-0.15, -0.1) is 11.3 Å². The SMILES string of the molecule is CC1CCN(CC(CC(=O)O)C(=O)c2cccs2)CC1. The van der Waals surface area contributed by atoms with Crippen LogP contribution >= 0.6 is 11.3 Å². The van der Waals surface area contributed by atoms with Gasteiger partial charge < -0.3 is 10.0 Å². The van der Waals surface area contributed by atoms with Crippen molar-refractivity contribution in [1.82, 2.24) is 4.90 Å². The van der Waals surface area contributed by atoms with Gasteiger partial charge in [-0.1, -0.05) is 13.0 Å². The first-order chi connectivity index (χ1) is 9.56. The van der Waals surface area contributed by atoms with Gasteiger partial charge in [-0.2, -0.15) is 0 Å². The minimum atomic E-state index is -0.898. The van der Waals surface area contributed by atoms with E-state index < -0.39 is 11.9 Å². The Hall–Kier alpha value is -1.20. The Bertz CT molecular complexity index is 450. The molecular weight excluding hydrogens is 274 g/mol. The lowest BCUT2D eigenvalue weighted by atomic mass is 9.94. The second-order valence-electron chi connectivity index (χ2n) is 5.62. The summed E-state index contributed by atoms with van der Waals surface area (Å²) in [6, 6.07) is 3.61. The quantitative estimate of drug-likeness (QED) is 0.820. The van der Waals surface area contributed by atoms with Crippen molar-refractivity contribution < 1.29 is 14.7 Å². The first-order valence-electron chi connectivity index (χ1n) is 7.08. The van der Waals surface area contributed by atoms with E-state index in [0.717, 1.165) is 31.8 Å². The third-order valence-electron chi connectivity index (χ3n) is 3.91. The van der Waals surface area contributed by atoms with Crippen molar-refractivity contribution in [1.29, 1.82) is 0 Å². The number of thiophene rings is 1. The highest BCUT2D eigenvalue weighted by Gasteiger charge is 2.27. The normalized spacial score (nSPS) is 18.9. The maximum atomic E-state index is 12.4. The largest absolute Gasteiger partial charge is 0.481 e. The molecule has 1 N–H and O–H groups in total. The minimum absolute atomic E-state index is 0.0268. The number of ketones is 1. The van der Waals surface area contributed by atoms with E-state index in [1.54, 1.807) is 6.07 Å². The van der Waals surface area contributed by atoms with E-state index in [2.05, 4.69) is 11.8 Å². The van der Waals surface area contributed by atoms with Crippen LogP contribution in [0.3, 0.4) is 0 Å². The van der Waals surface area contributed by atoms with Gasteiger partial charge in [0.05, 0.1) is 11.3 Å². The number of Topliss-reactive ketones (excluding diaryl/α,β-unsaturated/α-hetero) is 1. The zero-order chi connectivity index (χ0) is 14.5. The fraction of sp³-hybridized carbons (Fsp3) is 0.600. The summed E-state index contributed by atoms with van der Waals surface area (Å²) in [5.41, 5.74) is 0. The molecule has 1 unspecified atom stereocenters. The molecule has 1 aromatic rings. The monoisotopic (exact) mass is 295 g/mol. The molecule has 1 aliphatic heterocycles. The summed E-state index contributed by atoms with van der Waals surface area (Å²) in [7, 11) is 0. The molecule has 1 fully saturated rings. The number of carbonyl (C=O) groups is 2. The summed E-state index contributed by atoms with van der Waals surface area (Å²) in [5, 5.41) is 10.9. The third kappa shape index (κ3) is 4.15. The molecule has 1 aromatic heterocycles. The molecule has 20 heavy (non-hydrogen) atoms. The minimum Gasteiger partial charge on any atom is -0.481 e. The number of carboxylic acids is 1. The molecule has 0 aromatic carbocycles. The van der Waals surface area contributed by atoms with Crippen LogP contribution in [0.5, 0.6) is 0 Å². The second-order valence-corrected chi connectivity index (χ2v) is 6.57. The van der Waals surface area contributed by atoms with E-state index in [0.29, 0.717) is 11.4 Å². The average molecular weight is 295 g/mol. The molecular formula is C15H21NO3S. The molecule has 0 spiro atoms. The first kappa shape index (κ1) is 15.2. The van der Waals surface area contributed by atoms with Gasteiger partial charge in [0.2, 0.25) is 0 Å². The van der Waals surface area contributed by atoms with Gasteiger partial charge in [0.15, 0.2) is 5.78 Å². The maximum Gasteiger partial charge on any atom is 0.304 e. The number of piperidine rings is 1. The van der Waals surface area contributed by atoms with Gasteiger partial charge in [0, 0.05) is 12.5 Å². The van der Waals surface area contributed by atoms with Crippen LogP contribution in [0.25, 0.3) is 0 Å². The molecule has 1 atom stereocenters. The molecule has 110 valence electrons. The molecule has 0 bridgehead atoms. The summed E-state index contributed by atoms with van der Waals surface area (Å²) in [6.45, 7) is 4.74. The number of rotatable bonds is 6. The molecule has 0 saturated carbocycles.